The SMILES string of the molecule is C=CCC1=CC[C@@H](OC(=O)[C@@H]2C(C=C(Cl)Cl)C2(C)C)C1. The normalized spacial score (nSPS) is 30.4. The molecule has 0 saturated heterocycles. The van der Waals surface area contributed by atoms with Crippen LogP contribution >= 0.6 is 23.2 Å². The van der Waals surface area contributed by atoms with Gasteiger partial charge in [0.15, 0.2) is 0 Å². The van der Waals surface area contributed by atoms with Gasteiger partial charge in [0.25, 0.3) is 0 Å². The minimum Gasteiger partial charge on any atom is -0.461 e. The van der Waals surface area contributed by atoms with Gasteiger partial charge in [-0.1, -0.05) is 54.8 Å². The Balaban J connectivity index is 1.88. The van der Waals surface area contributed by atoms with Gasteiger partial charge in [0.05, 0.1) is 5.92 Å². The van der Waals surface area contributed by atoms with Gasteiger partial charge in [-0.3, -0.25) is 4.79 Å². The van der Waals surface area contributed by atoms with Gasteiger partial charge in [0, 0.05) is 12.8 Å². The first-order valence-corrected chi connectivity index (χ1v) is 7.64. The maximum absolute atomic E-state index is 12.3. The number of carbonyl (C=O) groups excluding carboxylic acids is 1. The molecule has 1 unspecified atom stereocenters. The first-order valence-electron chi connectivity index (χ1n) is 6.88. The molecule has 0 aromatic heterocycles. The van der Waals surface area contributed by atoms with Gasteiger partial charge < -0.3 is 4.74 Å². The van der Waals surface area contributed by atoms with Crippen molar-refractivity contribution in [1.82, 2.24) is 0 Å². The predicted molar refractivity (Wildman–Crippen MR) is 82.6 cm³/mol. The van der Waals surface area contributed by atoms with Crippen LogP contribution in [-0.4, -0.2) is 12.1 Å². The highest BCUT2D eigenvalue weighted by molar-refractivity contribution is 6.55. The summed E-state index contributed by atoms with van der Waals surface area (Å²) in [6.07, 6.45) is 8.24. The molecule has 0 aliphatic heterocycles. The number of carbonyl (C=O) groups is 1. The fourth-order valence-electron chi connectivity index (χ4n) is 3.01. The molecule has 0 N–H and O–H groups in total. The van der Waals surface area contributed by atoms with E-state index in [1.807, 2.05) is 19.9 Å². The minimum atomic E-state index is -0.140. The topological polar surface area (TPSA) is 26.3 Å². The lowest BCUT2D eigenvalue weighted by Gasteiger charge is -2.13. The van der Waals surface area contributed by atoms with E-state index in [-0.39, 0.29) is 33.8 Å². The number of hydrogen-bond acceptors (Lipinski definition) is 2. The van der Waals surface area contributed by atoms with Crippen LogP contribution in [0.25, 0.3) is 0 Å². The van der Waals surface area contributed by atoms with E-state index >= 15 is 0 Å². The van der Waals surface area contributed by atoms with Crippen LogP contribution in [0.15, 0.2) is 34.9 Å². The number of hydrogen-bond donors (Lipinski definition) is 0. The van der Waals surface area contributed by atoms with Crippen molar-refractivity contribution in [3.05, 3.63) is 34.9 Å². The molecule has 0 aromatic carbocycles. The molecule has 1 saturated carbocycles. The van der Waals surface area contributed by atoms with E-state index in [0.29, 0.717) is 0 Å². The summed E-state index contributed by atoms with van der Waals surface area (Å²) in [6, 6.07) is 0. The van der Waals surface area contributed by atoms with E-state index in [4.69, 9.17) is 27.9 Å². The molecule has 0 bridgehead atoms. The Bertz CT molecular complexity index is 473. The third-order valence-corrected chi connectivity index (χ3v) is 4.57. The van der Waals surface area contributed by atoms with Crippen molar-refractivity contribution in [2.75, 3.05) is 0 Å². The molecule has 0 amide bonds. The summed E-state index contributed by atoms with van der Waals surface area (Å²) < 4.78 is 5.84. The molecule has 0 heterocycles. The summed E-state index contributed by atoms with van der Waals surface area (Å²) in [6.45, 7) is 7.79. The molecule has 2 rings (SSSR count). The van der Waals surface area contributed by atoms with Crippen LogP contribution in [-0.2, 0) is 9.53 Å². The smallest absolute Gasteiger partial charge is 0.310 e. The minimum absolute atomic E-state index is 0.0232. The molecule has 110 valence electrons. The van der Waals surface area contributed by atoms with E-state index in [9.17, 15) is 4.79 Å². The van der Waals surface area contributed by atoms with Crippen LogP contribution in [0.3, 0.4) is 0 Å². The van der Waals surface area contributed by atoms with Gasteiger partial charge in [0.1, 0.15) is 10.6 Å². The summed E-state index contributed by atoms with van der Waals surface area (Å²) in [7, 11) is 0. The number of allylic oxidation sites excluding steroid dienone is 2. The maximum Gasteiger partial charge on any atom is 0.310 e. The van der Waals surface area contributed by atoms with E-state index in [1.54, 1.807) is 6.08 Å². The zero-order valence-electron chi connectivity index (χ0n) is 11.9. The van der Waals surface area contributed by atoms with E-state index in [1.165, 1.54) is 5.57 Å². The second kappa shape index (κ2) is 5.95. The Morgan fingerprint density at radius 2 is 2.25 bits per heavy atom. The molecule has 0 spiro atoms. The van der Waals surface area contributed by atoms with Gasteiger partial charge >= 0.3 is 5.97 Å². The monoisotopic (exact) mass is 314 g/mol. The van der Waals surface area contributed by atoms with Gasteiger partial charge in [-0.05, 0) is 23.8 Å². The fraction of sp³-hybridized carbons (Fsp3) is 0.562. The number of ether oxygens (including phenoxy) is 1. The highest BCUT2D eigenvalue weighted by atomic mass is 35.5. The van der Waals surface area contributed by atoms with Crippen LogP contribution in [0.5, 0.6) is 0 Å². The fourth-order valence-corrected chi connectivity index (χ4v) is 3.28. The van der Waals surface area contributed by atoms with Gasteiger partial charge in [0.2, 0.25) is 0 Å². The largest absolute Gasteiger partial charge is 0.461 e. The van der Waals surface area contributed by atoms with Gasteiger partial charge in [-0.15, -0.1) is 6.58 Å². The summed E-state index contributed by atoms with van der Waals surface area (Å²) in [5.74, 6) is -0.204. The van der Waals surface area contributed by atoms with Crippen molar-refractivity contribution in [1.29, 1.82) is 0 Å². The molecule has 1 fully saturated rings. The molecule has 4 heteroatoms. The molecule has 2 aliphatic carbocycles. The van der Waals surface area contributed by atoms with E-state index < -0.39 is 0 Å². The number of halogens is 2. The van der Waals surface area contributed by atoms with Gasteiger partial charge in [-0.2, -0.15) is 0 Å². The molecule has 2 nitrogen and oxygen atoms in total. The van der Waals surface area contributed by atoms with Crippen LogP contribution in [0.2, 0.25) is 0 Å². The van der Waals surface area contributed by atoms with Crippen molar-refractivity contribution >= 4 is 29.2 Å². The third-order valence-electron chi connectivity index (χ3n) is 4.32. The van der Waals surface area contributed by atoms with Crippen molar-refractivity contribution in [2.24, 2.45) is 17.3 Å². The highest BCUT2D eigenvalue weighted by Gasteiger charge is 2.61. The van der Waals surface area contributed by atoms with Crippen LogP contribution in [0.1, 0.15) is 33.1 Å². The average Bonchev–Trinajstić information content (AvgIpc) is 2.70. The number of rotatable bonds is 5. The van der Waals surface area contributed by atoms with Crippen molar-refractivity contribution < 1.29 is 9.53 Å². The molecule has 2 aliphatic rings. The lowest BCUT2D eigenvalue weighted by atomic mass is 10.1. The zero-order chi connectivity index (χ0) is 14.9. The maximum atomic E-state index is 12.3. The number of esters is 1. The molecule has 3 atom stereocenters. The lowest BCUT2D eigenvalue weighted by Crippen LogP contribution is -2.18. The Labute approximate surface area is 130 Å². The highest BCUT2D eigenvalue weighted by Crippen LogP contribution is 2.60. The third kappa shape index (κ3) is 3.29. The summed E-state index contributed by atoms with van der Waals surface area (Å²) in [5.41, 5.74) is 1.18. The lowest BCUT2D eigenvalue weighted by molar-refractivity contribution is -0.151. The van der Waals surface area contributed by atoms with Crippen LogP contribution in [0.4, 0.5) is 0 Å². The van der Waals surface area contributed by atoms with E-state index in [0.717, 1.165) is 19.3 Å². The first kappa shape index (κ1) is 15.7. The van der Waals surface area contributed by atoms with E-state index in [2.05, 4.69) is 12.7 Å². The van der Waals surface area contributed by atoms with Gasteiger partial charge in [-0.25, -0.2) is 0 Å². The average molecular weight is 315 g/mol. The quantitative estimate of drug-likeness (QED) is 0.539. The first-order chi connectivity index (χ1) is 9.36. The second-order valence-corrected chi connectivity index (χ2v) is 7.14. The summed E-state index contributed by atoms with van der Waals surface area (Å²) in [5, 5.41) is 0. The molecule has 0 radical (unpaired) electrons. The van der Waals surface area contributed by atoms with Crippen LogP contribution in [0, 0.1) is 17.3 Å². The molecular weight excluding hydrogens is 295 g/mol. The molecule has 0 aromatic rings. The molecular formula is C16H20Cl2O2. The predicted octanol–water partition coefficient (Wildman–Crippen LogP) is 4.79. The Morgan fingerprint density at radius 3 is 2.85 bits per heavy atom. The van der Waals surface area contributed by atoms with Crippen molar-refractivity contribution in [3.8, 4) is 0 Å². The summed E-state index contributed by atoms with van der Waals surface area (Å²) >= 11 is 11.4. The van der Waals surface area contributed by atoms with Crippen molar-refractivity contribution in [3.63, 3.8) is 0 Å². The van der Waals surface area contributed by atoms with Crippen molar-refractivity contribution in [2.45, 2.75) is 39.2 Å². The van der Waals surface area contributed by atoms with Crippen LogP contribution < -0.4 is 0 Å². The standard InChI is InChI=1S/C16H20Cl2O2/c1-4-5-10-6-7-11(8-10)20-15(19)14-12(9-13(17)18)16(14,2)3/h4,6,9,11-12,14H,1,5,7-8H2,2-3H3/t11-,12?,14+/m1/s1. The Hall–Kier alpha value is -0.730. The zero-order valence-corrected chi connectivity index (χ0v) is 13.4. The second-order valence-electron chi connectivity index (χ2n) is 6.14. The Kier molecular flexibility index (Phi) is 4.66. The molecule has 20 heavy (non-hydrogen) atoms. The summed E-state index contributed by atoms with van der Waals surface area (Å²) in [4.78, 5) is 12.3. The Morgan fingerprint density at radius 1 is 1.55 bits per heavy atom.